The molecule has 0 spiro atoms. The molecule has 1 aliphatic rings. The van der Waals surface area contributed by atoms with Gasteiger partial charge in [-0.3, -0.25) is 0 Å². The Morgan fingerprint density at radius 2 is 2.46 bits per heavy atom. The van der Waals surface area contributed by atoms with Gasteiger partial charge < -0.3 is 9.67 Å². The fourth-order valence-electron chi connectivity index (χ4n) is 1.90. The van der Waals surface area contributed by atoms with Crippen LogP contribution in [0.4, 0.5) is 0 Å². The Hall–Kier alpha value is -1.27. The van der Waals surface area contributed by atoms with Gasteiger partial charge in [0.1, 0.15) is 6.54 Å². The lowest BCUT2D eigenvalue weighted by Crippen LogP contribution is -2.05. The van der Waals surface area contributed by atoms with Gasteiger partial charge in [-0.2, -0.15) is 5.26 Å². The van der Waals surface area contributed by atoms with Gasteiger partial charge in [-0.15, -0.1) is 0 Å². The molecular weight excluding hydrogens is 164 g/mol. The van der Waals surface area contributed by atoms with Crippen molar-refractivity contribution in [1.82, 2.24) is 4.57 Å². The van der Waals surface area contributed by atoms with Crippen molar-refractivity contribution in [2.75, 3.05) is 0 Å². The van der Waals surface area contributed by atoms with Crippen molar-refractivity contribution >= 4 is 0 Å². The SMILES string of the molecule is N#CCn1cc2c(c1)C(O)CCC2. The first kappa shape index (κ1) is 8.33. The summed E-state index contributed by atoms with van der Waals surface area (Å²) in [6.45, 7) is 0.375. The van der Waals surface area contributed by atoms with Gasteiger partial charge in [-0.1, -0.05) is 0 Å². The Labute approximate surface area is 77.2 Å². The Kier molecular flexibility index (Phi) is 2.07. The van der Waals surface area contributed by atoms with Gasteiger partial charge in [-0.25, -0.2) is 0 Å². The van der Waals surface area contributed by atoms with Gasteiger partial charge in [0.15, 0.2) is 0 Å². The third-order valence-corrected chi connectivity index (χ3v) is 2.53. The second-order valence-corrected chi connectivity index (χ2v) is 3.48. The highest BCUT2D eigenvalue weighted by atomic mass is 16.3. The molecule has 3 nitrogen and oxygen atoms in total. The van der Waals surface area contributed by atoms with Gasteiger partial charge in [0.05, 0.1) is 12.2 Å². The minimum atomic E-state index is -0.316. The fourth-order valence-corrected chi connectivity index (χ4v) is 1.90. The van der Waals surface area contributed by atoms with Crippen molar-refractivity contribution in [2.24, 2.45) is 0 Å². The summed E-state index contributed by atoms with van der Waals surface area (Å²) in [5.74, 6) is 0. The number of hydrogen-bond acceptors (Lipinski definition) is 2. The summed E-state index contributed by atoms with van der Waals surface area (Å²) >= 11 is 0. The second-order valence-electron chi connectivity index (χ2n) is 3.48. The first-order valence-corrected chi connectivity index (χ1v) is 4.55. The summed E-state index contributed by atoms with van der Waals surface area (Å²) in [5, 5.41) is 18.2. The molecule has 2 rings (SSSR count). The molecule has 0 bridgehead atoms. The van der Waals surface area contributed by atoms with Crippen LogP contribution >= 0.6 is 0 Å². The smallest absolute Gasteiger partial charge is 0.109 e. The van der Waals surface area contributed by atoms with E-state index in [0.29, 0.717) is 6.54 Å². The summed E-state index contributed by atoms with van der Waals surface area (Å²) in [5.41, 5.74) is 2.22. The number of aliphatic hydroxyl groups excluding tert-OH is 1. The van der Waals surface area contributed by atoms with Crippen molar-refractivity contribution in [3.63, 3.8) is 0 Å². The van der Waals surface area contributed by atoms with E-state index >= 15 is 0 Å². The monoisotopic (exact) mass is 176 g/mol. The second kappa shape index (κ2) is 3.23. The maximum Gasteiger partial charge on any atom is 0.109 e. The highest BCUT2D eigenvalue weighted by molar-refractivity contribution is 5.29. The zero-order valence-electron chi connectivity index (χ0n) is 7.40. The number of nitriles is 1. The van der Waals surface area contributed by atoms with E-state index in [2.05, 4.69) is 6.07 Å². The lowest BCUT2D eigenvalue weighted by Gasteiger charge is -2.16. The number of aromatic nitrogens is 1. The molecule has 1 aromatic rings. The van der Waals surface area contributed by atoms with Crippen LogP contribution in [0.25, 0.3) is 0 Å². The van der Waals surface area contributed by atoms with E-state index in [1.165, 1.54) is 5.56 Å². The van der Waals surface area contributed by atoms with Crippen LogP contribution in [0.5, 0.6) is 0 Å². The highest BCUT2D eigenvalue weighted by Gasteiger charge is 2.19. The maximum atomic E-state index is 9.65. The van der Waals surface area contributed by atoms with Crippen LogP contribution in [-0.4, -0.2) is 9.67 Å². The molecule has 68 valence electrons. The van der Waals surface area contributed by atoms with Gasteiger partial charge in [0.25, 0.3) is 0 Å². The molecule has 0 saturated heterocycles. The molecule has 0 amide bonds. The third-order valence-electron chi connectivity index (χ3n) is 2.53. The predicted molar refractivity (Wildman–Crippen MR) is 47.9 cm³/mol. The van der Waals surface area contributed by atoms with E-state index < -0.39 is 0 Å². The number of fused-ring (bicyclic) bond motifs is 1. The van der Waals surface area contributed by atoms with Crippen LogP contribution in [0.3, 0.4) is 0 Å². The van der Waals surface area contributed by atoms with Crippen LogP contribution in [0.1, 0.15) is 30.1 Å². The molecule has 0 fully saturated rings. The van der Waals surface area contributed by atoms with E-state index in [4.69, 9.17) is 5.26 Å². The topological polar surface area (TPSA) is 49.0 Å². The number of hydrogen-bond donors (Lipinski definition) is 1. The number of rotatable bonds is 1. The zero-order valence-corrected chi connectivity index (χ0v) is 7.40. The van der Waals surface area contributed by atoms with Crippen LogP contribution in [0.2, 0.25) is 0 Å². The van der Waals surface area contributed by atoms with Crippen LogP contribution in [0, 0.1) is 11.3 Å². The van der Waals surface area contributed by atoms with E-state index in [1.54, 1.807) is 0 Å². The quantitative estimate of drug-likeness (QED) is 0.702. The lowest BCUT2D eigenvalue weighted by atomic mass is 9.93. The van der Waals surface area contributed by atoms with E-state index in [-0.39, 0.29) is 6.10 Å². The Balaban J connectivity index is 2.32. The third kappa shape index (κ3) is 1.45. The number of aryl methyl sites for hydroxylation is 1. The predicted octanol–water partition coefficient (Wildman–Crippen LogP) is 1.38. The minimum Gasteiger partial charge on any atom is -0.388 e. The van der Waals surface area contributed by atoms with Crippen molar-refractivity contribution in [2.45, 2.75) is 31.9 Å². The van der Waals surface area contributed by atoms with Gasteiger partial charge >= 0.3 is 0 Å². The fraction of sp³-hybridized carbons (Fsp3) is 0.500. The molecule has 1 unspecified atom stereocenters. The lowest BCUT2D eigenvalue weighted by molar-refractivity contribution is 0.157. The van der Waals surface area contributed by atoms with Crippen LogP contribution in [0.15, 0.2) is 12.4 Å². The molecule has 1 N–H and O–H groups in total. The van der Waals surface area contributed by atoms with Crippen molar-refractivity contribution < 1.29 is 5.11 Å². The van der Waals surface area contributed by atoms with Crippen molar-refractivity contribution in [3.8, 4) is 6.07 Å². The summed E-state index contributed by atoms with van der Waals surface area (Å²) in [4.78, 5) is 0. The number of nitrogens with zero attached hydrogens (tertiary/aromatic N) is 2. The van der Waals surface area contributed by atoms with Crippen molar-refractivity contribution in [1.29, 1.82) is 5.26 Å². The summed E-state index contributed by atoms with van der Waals surface area (Å²) in [6, 6.07) is 2.09. The summed E-state index contributed by atoms with van der Waals surface area (Å²) < 4.78 is 1.85. The van der Waals surface area contributed by atoms with Gasteiger partial charge in [-0.05, 0) is 24.8 Å². The van der Waals surface area contributed by atoms with E-state index in [1.807, 2.05) is 17.0 Å². The number of aliphatic hydroxyl groups is 1. The van der Waals surface area contributed by atoms with Crippen molar-refractivity contribution in [3.05, 3.63) is 23.5 Å². The highest BCUT2D eigenvalue weighted by Crippen LogP contribution is 2.29. The molecule has 1 heterocycles. The standard InChI is InChI=1S/C10H12N2O/c11-4-5-12-6-8-2-1-3-10(13)9(8)7-12/h6-7,10,13H,1-3,5H2. The first-order chi connectivity index (χ1) is 6.31. The maximum absolute atomic E-state index is 9.65. The zero-order chi connectivity index (χ0) is 9.26. The van der Waals surface area contributed by atoms with Crippen LogP contribution < -0.4 is 0 Å². The molecule has 1 aromatic heterocycles. The molecular formula is C10H12N2O. The van der Waals surface area contributed by atoms with Crippen LogP contribution in [-0.2, 0) is 13.0 Å². The average Bonchev–Trinajstić information content (AvgIpc) is 2.49. The molecule has 1 atom stereocenters. The molecule has 0 aromatic carbocycles. The minimum absolute atomic E-state index is 0.316. The normalized spacial score (nSPS) is 20.8. The first-order valence-electron chi connectivity index (χ1n) is 4.55. The summed E-state index contributed by atoms with van der Waals surface area (Å²) in [6.07, 6.45) is 6.48. The Morgan fingerprint density at radius 3 is 3.15 bits per heavy atom. The molecule has 0 aliphatic heterocycles. The largest absolute Gasteiger partial charge is 0.388 e. The molecule has 3 heteroatoms. The molecule has 13 heavy (non-hydrogen) atoms. The van der Waals surface area contributed by atoms with Gasteiger partial charge in [0, 0.05) is 18.0 Å². The summed E-state index contributed by atoms with van der Waals surface area (Å²) in [7, 11) is 0. The molecule has 0 saturated carbocycles. The van der Waals surface area contributed by atoms with E-state index in [0.717, 1.165) is 24.8 Å². The van der Waals surface area contributed by atoms with E-state index in [9.17, 15) is 5.11 Å². The molecule has 1 aliphatic carbocycles. The molecule has 0 radical (unpaired) electrons. The van der Waals surface area contributed by atoms with Gasteiger partial charge in [0.2, 0.25) is 0 Å². The Bertz CT molecular complexity index is 348. The average molecular weight is 176 g/mol. The Morgan fingerprint density at radius 1 is 1.62 bits per heavy atom.